The number of aliphatic hydroxyl groups is 6. The molecule has 2 rings (SSSR count). The van der Waals surface area contributed by atoms with Gasteiger partial charge in [0.05, 0.1) is 11.8 Å². The third-order valence-electron chi connectivity index (χ3n) is 17.7. The molecule has 0 aromatic rings. The summed E-state index contributed by atoms with van der Waals surface area (Å²) in [7, 11) is 0. The maximum absolute atomic E-state index is 13.8. The molecule has 10 atom stereocenters. The fourth-order valence-corrected chi connectivity index (χ4v) is 12.0. The van der Waals surface area contributed by atoms with E-state index in [4.69, 9.17) is 23.7 Å². The van der Waals surface area contributed by atoms with Crippen molar-refractivity contribution in [3.63, 3.8) is 0 Å². The average molecular weight is 1160 g/mol. The standard InChI is InChI=1S/C68H130O13/c1-5-9-13-17-21-25-29-33-37-41-45-49-55(50-46-42-38-34-30-26-22-18-14-10-6-2)65(75)77-53-57-59(69)61(71)63(73)67(79-57)81-68-64(74)62(72)60(70)58(80-68)54-78-66(76)56(51-47-43-39-35-31-27-23-19-15-11-7-3)52-48-44-40-36-32-28-24-20-16-12-8-4/h55-64,67-74H,5-54H2,1-4H3/t57?,58?,59-,60-,61+,62+,63?,64?,67-,68-/m1/s1. The van der Waals surface area contributed by atoms with Crippen molar-refractivity contribution < 1.29 is 63.9 Å². The first-order chi connectivity index (χ1) is 39.5. The molecule has 2 fully saturated rings. The zero-order chi connectivity index (χ0) is 59.0. The lowest BCUT2D eigenvalue weighted by atomic mass is 9.94. The van der Waals surface area contributed by atoms with Crippen LogP contribution in [0.2, 0.25) is 0 Å². The summed E-state index contributed by atoms with van der Waals surface area (Å²) in [5, 5.41) is 66.2. The van der Waals surface area contributed by atoms with Crippen LogP contribution in [0.3, 0.4) is 0 Å². The van der Waals surface area contributed by atoms with Crippen LogP contribution in [0.25, 0.3) is 0 Å². The number of carbonyl (C=O) groups is 2. The molecule has 2 aliphatic heterocycles. The summed E-state index contributed by atoms with van der Waals surface area (Å²) >= 11 is 0. The highest BCUT2D eigenvalue weighted by atomic mass is 16.8. The van der Waals surface area contributed by atoms with Crippen molar-refractivity contribution in [3.8, 4) is 0 Å². The van der Waals surface area contributed by atoms with Crippen LogP contribution in [0, 0.1) is 11.8 Å². The molecule has 4 unspecified atom stereocenters. The second-order valence-electron chi connectivity index (χ2n) is 25.1. The predicted molar refractivity (Wildman–Crippen MR) is 328 cm³/mol. The maximum atomic E-state index is 13.8. The van der Waals surface area contributed by atoms with Gasteiger partial charge >= 0.3 is 11.9 Å². The Morgan fingerprint density at radius 2 is 0.494 bits per heavy atom. The van der Waals surface area contributed by atoms with E-state index in [1.807, 2.05) is 0 Å². The number of aliphatic hydroxyl groups excluding tert-OH is 6. The highest BCUT2D eigenvalue weighted by Crippen LogP contribution is 2.31. The Kier molecular flexibility index (Phi) is 48.4. The van der Waals surface area contributed by atoms with Gasteiger partial charge in [-0.2, -0.15) is 0 Å². The predicted octanol–water partition coefficient (Wildman–Crippen LogP) is 15.7. The van der Waals surface area contributed by atoms with Crippen LogP contribution in [-0.4, -0.2) is 117 Å². The van der Waals surface area contributed by atoms with Crippen LogP contribution < -0.4 is 0 Å². The number of ether oxygens (including phenoxy) is 5. The van der Waals surface area contributed by atoms with Gasteiger partial charge in [-0.15, -0.1) is 0 Å². The van der Waals surface area contributed by atoms with E-state index in [1.54, 1.807) is 0 Å². The molecule has 0 spiro atoms. The summed E-state index contributed by atoms with van der Waals surface area (Å²) in [6.07, 6.45) is 39.8. The minimum Gasteiger partial charge on any atom is -0.463 e. The molecule has 480 valence electrons. The molecule has 0 bridgehead atoms. The summed E-state index contributed by atoms with van der Waals surface area (Å²) in [6.45, 7) is 8.15. The first-order valence-electron chi connectivity index (χ1n) is 34.9. The minimum absolute atomic E-state index is 0.320. The molecule has 0 aromatic carbocycles. The molecule has 81 heavy (non-hydrogen) atoms. The topological polar surface area (TPSA) is 202 Å². The minimum atomic E-state index is -1.82. The van der Waals surface area contributed by atoms with Crippen LogP contribution in [0.5, 0.6) is 0 Å². The number of unbranched alkanes of at least 4 members (excludes halogenated alkanes) is 40. The normalized spacial score (nSPS) is 23.2. The van der Waals surface area contributed by atoms with Gasteiger partial charge in [-0.3, -0.25) is 9.59 Å². The van der Waals surface area contributed by atoms with E-state index in [0.29, 0.717) is 25.7 Å². The van der Waals surface area contributed by atoms with Crippen LogP contribution in [-0.2, 0) is 33.3 Å². The highest BCUT2D eigenvalue weighted by molar-refractivity contribution is 5.72. The van der Waals surface area contributed by atoms with E-state index in [1.165, 1.54) is 205 Å². The summed E-state index contributed by atoms with van der Waals surface area (Å²) in [4.78, 5) is 27.6. The lowest BCUT2D eigenvalue weighted by Crippen LogP contribution is -2.64. The van der Waals surface area contributed by atoms with E-state index in [0.717, 1.165) is 77.0 Å². The fraction of sp³-hybridized carbons (Fsp3) is 0.971. The molecule has 13 nitrogen and oxygen atoms in total. The average Bonchev–Trinajstić information content (AvgIpc) is 3.48. The molecule has 0 amide bonds. The van der Waals surface area contributed by atoms with Crippen molar-refractivity contribution in [1.82, 2.24) is 0 Å². The van der Waals surface area contributed by atoms with Crippen molar-refractivity contribution in [2.75, 3.05) is 13.2 Å². The number of esters is 2. The highest BCUT2D eigenvalue weighted by Gasteiger charge is 2.50. The Balaban J connectivity index is 1.99. The van der Waals surface area contributed by atoms with Gasteiger partial charge in [0.2, 0.25) is 0 Å². The monoisotopic (exact) mass is 1150 g/mol. The van der Waals surface area contributed by atoms with Gasteiger partial charge in [0, 0.05) is 0 Å². The summed E-state index contributed by atoms with van der Waals surface area (Å²) < 4.78 is 29.4. The molecule has 2 heterocycles. The van der Waals surface area contributed by atoms with Crippen molar-refractivity contribution in [2.45, 2.75) is 397 Å². The third kappa shape index (κ3) is 36.4. The van der Waals surface area contributed by atoms with Gasteiger partial charge in [0.25, 0.3) is 0 Å². The van der Waals surface area contributed by atoms with Gasteiger partial charge < -0.3 is 54.3 Å². The molecule has 2 aliphatic rings. The van der Waals surface area contributed by atoms with Gasteiger partial charge in [0.1, 0.15) is 62.0 Å². The van der Waals surface area contributed by atoms with Crippen LogP contribution in [0.1, 0.15) is 336 Å². The Labute approximate surface area is 496 Å². The zero-order valence-electron chi connectivity index (χ0n) is 52.8. The Morgan fingerprint density at radius 1 is 0.296 bits per heavy atom. The van der Waals surface area contributed by atoms with Crippen molar-refractivity contribution in [2.24, 2.45) is 11.8 Å². The number of rotatable bonds is 56. The molecule has 2 saturated heterocycles. The van der Waals surface area contributed by atoms with Crippen molar-refractivity contribution in [1.29, 1.82) is 0 Å². The van der Waals surface area contributed by atoms with Crippen molar-refractivity contribution >= 4 is 11.9 Å². The third-order valence-corrected chi connectivity index (χ3v) is 17.7. The molecule has 6 N–H and O–H groups in total. The van der Waals surface area contributed by atoms with E-state index >= 15 is 0 Å². The van der Waals surface area contributed by atoms with Gasteiger partial charge in [-0.05, 0) is 25.7 Å². The second kappa shape index (κ2) is 51.8. The molecular weight excluding hydrogens is 1020 g/mol. The van der Waals surface area contributed by atoms with Crippen LogP contribution >= 0.6 is 0 Å². The first-order valence-corrected chi connectivity index (χ1v) is 34.9. The van der Waals surface area contributed by atoms with Crippen molar-refractivity contribution in [3.05, 3.63) is 0 Å². The Bertz CT molecular complexity index is 1270. The lowest BCUT2D eigenvalue weighted by Gasteiger charge is -2.44. The van der Waals surface area contributed by atoms with Gasteiger partial charge in [0.15, 0.2) is 12.6 Å². The van der Waals surface area contributed by atoms with Gasteiger partial charge in [-0.25, -0.2) is 0 Å². The molecule has 0 radical (unpaired) electrons. The van der Waals surface area contributed by atoms with E-state index in [-0.39, 0.29) is 23.8 Å². The number of hydrogen-bond acceptors (Lipinski definition) is 13. The van der Waals surface area contributed by atoms with E-state index in [2.05, 4.69) is 27.7 Å². The SMILES string of the molecule is CCCCCCCCCCCCCC(CCCCCCCCCCCCC)C(=O)OCC1O[C@H](O[C@H]2OC(COC(=O)C(CCCCCCCCCCCCC)CCCCCCCCCCCCC)[C@@H](O)[C@H](O)C2O)C(O)[C@@H](O)[C@@H]1O. The lowest BCUT2D eigenvalue weighted by molar-refractivity contribution is -0.376. The zero-order valence-corrected chi connectivity index (χ0v) is 52.8. The fourth-order valence-electron chi connectivity index (χ4n) is 12.0. The summed E-state index contributed by atoms with van der Waals surface area (Å²) in [5.41, 5.74) is 0. The summed E-state index contributed by atoms with van der Waals surface area (Å²) in [5.74, 6) is -1.41. The van der Waals surface area contributed by atoms with Crippen LogP contribution in [0.4, 0.5) is 0 Å². The second-order valence-corrected chi connectivity index (χ2v) is 25.1. The molecule has 13 heteroatoms. The van der Waals surface area contributed by atoms with Crippen LogP contribution in [0.15, 0.2) is 0 Å². The summed E-state index contributed by atoms with van der Waals surface area (Å²) in [6, 6.07) is 0. The number of hydrogen-bond donors (Lipinski definition) is 6. The largest absolute Gasteiger partial charge is 0.463 e. The number of carbonyl (C=O) groups excluding carboxylic acids is 2. The molecule has 0 saturated carbocycles. The molecule has 0 aliphatic carbocycles. The smallest absolute Gasteiger partial charge is 0.309 e. The van der Waals surface area contributed by atoms with Gasteiger partial charge in [-0.1, -0.05) is 310 Å². The molecular formula is C68H130O13. The van der Waals surface area contributed by atoms with E-state index in [9.17, 15) is 40.2 Å². The molecule has 0 aromatic heterocycles. The first kappa shape index (κ1) is 75.7. The Morgan fingerprint density at radius 3 is 0.704 bits per heavy atom. The Hall–Kier alpha value is -1.42. The maximum Gasteiger partial charge on any atom is 0.309 e. The quantitative estimate of drug-likeness (QED) is 0.0248. The van der Waals surface area contributed by atoms with E-state index < -0.39 is 74.6 Å².